The van der Waals surface area contributed by atoms with Gasteiger partial charge in [0.2, 0.25) is 0 Å². The van der Waals surface area contributed by atoms with Crippen molar-refractivity contribution in [1.29, 1.82) is 0 Å². The highest BCUT2D eigenvalue weighted by Gasteiger charge is 1.90. The van der Waals surface area contributed by atoms with E-state index in [1.807, 2.05) is 0 Å². The van der Waals surface area contributed by atoms with Crippen molar-refractivity contribution in [3.8, 4) is 24.2 Å². The Hall–Kier alpha value is -1.00. The monoisotopic (exact) mass is 294 g/mol. The second-order valence-electron chi connectivity index (χ2n) is 4.79. The Balaban J connectivity index is 3.08. The molecule has 0 saturated heterocycles. The summed E-state index contributed by atoms with van der Waals surface area (Å²) in [4.78, 5) is 0. The van der Waals surface area contributed by atoms with Gasteiger partial charge in [-0.3, -0.25) is 0 Å². The van der Waals surface area contributed by atoms with Gasteiger partial charge >= 0.3 is 0 Å². The van der Waals surface area contributed by atoms with Gasteiger partial charge in [-0.25, -0.2) is 0 Å². The zero-order valence-corrected chi connectivity index (χ0v) is 13.5. The molecule has 0 saturated carbocycles. The number of ether oxygens (including phenoxy) is 3. The van der Waals surface area contributed by atoms with Crippen LogP contribution >= 0.6 is 0 Å². The van der Waals surface area contributed by atoms with E-state index in [1.165, 1.54) is 38.5 Å². The Bertz CT molecular complexity index is 296. The highest BCUT2D eigenvalue weighted by Crippen LogP contribution is 2.05. The van der Waals surface area contributed by atoms with Gasteiger partial charge in [0.05, 0.1) is 26.4 Å². The average molecular weight is 294 g/mol. The highest BCUT2D eigenvalue weighted by molar-refractivity contribution is 4.98. The molecule has 0 aromatic rings. The number of hydrogen-bond donors (Lipinski definition) is 0. The van der Waals surface area contributed by atoms with Gasteiger partial charge in [-0.2, -0.15) is 0 Å². The van der Waals surface area contributed by atoms with Gasteiger partial charge in [-0.15, -0.1) is 12.3 Å². The van der Waals surface area contributed by atoms with E-state index in [2.05, 4.69) is 24.7 Å². The Morgan fingerprint density at radius 1 is 0.714 bits per heavy atom. The third-order valence-corrected chi connectivity index (χ3v) is 2.88. The van der Waals surface area contributed by atoms with Crippen molar-refractivity contribution in [1.82, 2.24) is 0 Å². The normalized spacial score (nSPS) is 9.90. The van der Waals surface area contributed by atoms with Crippen LogP contribution in [0, 0.1) is 24.2 Å². The fraction of sp³-hybridized carbons (Fsp3) is 0.778. The predicted octanol–water partition coefficient (Wildman–Crippen LogP) is 3.42. The maximum Gasteiger partial charge on any atom is 0.107 e. The molecular formula is C18H30O3. The van der Waals surface area contributed by atoms with E-state index in [0.717, 1.165) is 6.42 Å². The standard InChI is InChI=1S/C18H30O3/c1-3-5-6-7-8-9-10-11-12-14-20-16-18-21-17-15-19-13-4-2/h2H,3,5-10,13-18H2,1H3. The SMILES string of the molecule is C#CCOCCOCCOCC#CCCCCCCCC. The second kappa shape index (κ2) is 19.0. The van der Waals surface area contributed by atoms with Crippen molar-refractivity contribution in [3.63, 3.8) is 0 Å². The summed E-state index contributed by atoms with van der Waals surface area (Å²) < 4.78 is 15.7. The molecule has 0 aromatic carbocycles. The zero-order valence-electron chi connectivity index (χ0n) is 13.5. The molecule has 0 unspecified atom stereocenters. The minimum absolute atomic E-state index is 0.341. The van der Waals surface area contributed by atoms with Crippen LogP contribution in [0.3, 0.4) is 0 Å². The quantitative estimate of drug-likeness (QED) is 0.363. The van der Waals surface area contributed by atoms with Crippen LogP contribution in [0.4, 0.5) is 0 Å². The molecule has 0 radical (unpaired) electrons. The van der Waals surface area contributed by atoms with E-state index in [1.54, 1.807) is 0 Å². The summed E-state index contributed by atoms with van der Waals surface area (Å²) >= 11 is 0. The molecule has 0 aromatic heterocycles. The van der Waals surface area contributed by atoms with Gasteiger partial charge in [-0.1, -0.05) is 50.9 Å². The number of rotatable bonds is 14. The van der Waals surface area contributed by atoms with Crippen LogP contribution in [-0.2, 0) is 14.2 Å². The molecule has 0 atom stereocenters. The zero-order chi connectivity index (χ0) is 15.4. The van der Waals surface area contributed by atoms with Crippen LogP contribution in [0.25, 0.3) is 0 Å². The van der Waals surface area contributed by atoms with E-state index >= 15 is 0 Å². The van der Waals surface area contributed by atoms with Crippen molar-refractivity contribution in [2.75, 3.05) is 39.6 Å². The van der Waals surface area contributed by atoms with Crippen LogP contribution < -0.4 is 0 Å². The highest BCUT2D eigenvalue weighted by atomic mass is 16.5. The second-order valence-corrected chi connectivity index (χ2v) is 4.79. The third kappa shape index (κ3) is 19.0. The molecule has 0 aliphatic rings. The third-order valence-electron chi connectivity index (χ3n) is 2.88. The summed E-state index contributed by atoms with van der Waals surface area (Å²) in [5.41, 5.74) is 0. The van der Waals surface area contributed by atoms with Crippen LogP contribution in [0.5, 0.6) is 0 Å². The van der Waals surface area contributed by atoms with Gasteiger partial charge in [0.15, 0.2) is 0 Å². The molecule has 3 heteroatoms. The summed E-state index contributed by atoms with van der Waals surface area (Å²) in [6.45, 7) is 5.29. The minimum atomic E-state index is 0.341. The van der Waals surface area contributed by atoms with Crippen molar-refractivity contribution < 1.29 is 14.2 Å². The van der Waals surface area contributed by atoms with E-state index in [0.29, 0.717) is 39.6 Å². The van der Waals surface area contributed by atoms with Gasteiger partial charge in [-0.05, 0) is 6.42 Å². The van der Waals surface area contributed by atoms with Crippen LogP contribution in [0.2, 0.25) is 0 Å². The lowest BCUT2D eigenvalue weighted by Crippen LogP contribution is -2.09. The molecule has 0 bridgehead atoms. The van der Waals surface area contributed by atoms with Gasteiger partial charge in [0.1, 0.15) is 13.2 Å². The largest absolute Gasteiger partial charge is 0.377 e. The lowest BCUT2D eigenvalue weighted by molar-refractivity contribution is 0.0270. The lowest BCUT2D eigenvalue weighted by Gasteiger charge is -2.03. The fourth-order valence-corrected chi connectivity index (χ4v) is 1.73. The molecule has 3 nitrogen and oxygen atoms in total. The average Bonchev–Trinajstić information content (AvgIpc) is 2.50. The first kappa shape index (κ1) is 20.0. The van der Waals surface area contributed by atoms with E-state index in [-0.39, 0.29) is 0 Å². The molecule has 21 heavy (non-hydrogen) atoms. The summed E-state index contributed by atoms with van der Waals surface area (Å²) in [5, 5.41) is 0. The maximum atomic E-state index is 5.35. The van der Waals surface area contributed by atoms with Crippen molar-refractivity contribution in [2.45, 2.75) is 51.9 Å². The minimum Gasteiger partial charge on any atom is -0.377 e. The first-order valence-electron chi connectivity index (χ1n) is 8.04. The molecule has 0 rings (SSSR count). The smallest absolute Gasteiger partial charge is 0.107 e. The molecule has 0 amide bonds. The topological polar surface area (TPSA) is 27.7 Å². The molecule has 0 N–H and O–H groups in total. The van der Waals surface area contributed by atoms with Gasteiger partial charge in [0.25, 0.3) is 0 Å². The Labute approximate surface area is 130 Å². The van der Waals surface area contributed by atoms with E-state index in [4.69, 9.17) is 20.6 Å². The molecular weight excluding hydrogens is 264 g/mol. The number of unbranched alkanes of at least 4 members (excludes halogenated alkanes) is 6. The number of hydrogen-bond acceptors (Lipinski definition) is 3. The predicted molar refractivity (Wildman–Crippen MR) is 87.1 cm³/mol. The molecule has 0 aliphatic carbocycles. The molecule has 0 spiro atoms. The Morgan fingerprint density at radius 3 is 2.05 bits per heavy atom. The van der Waals surface area contributed by atoms with Gasteiger partial charge < -0.3 is 14.2 Å². The molecule has 120 valence electrons. The lowest BCUT2D eigenvalue weighted by atomic mass is 10.1. The molecule has 0 fully saturated rings. The Kier molecular flexibility index (Phi) is 18.1. The van der Waals surface area contributed by atoms with Crippen LogP contribution in [0.1, 0.15) is 51.9 Å². The van der Waals surface area contributed by atoms with Crippen molar-refractivity contribution in [2.24, 2.45) is 0 Å². The summed E-state index contributed by atoms with van der Waals surface area (Å²) in [6, 6.07) is 0. The molecule has 0 aliphatic heterocycles. The Morgan fingerprint density at radius 2 is 1.33 bits per heavy atom. The maximum absolute atomic E-state index is 5.35. The summed E-state index contributed by atoms with van der Waals surface area (Å²) in [5.74, 6) is 8.58. The van der Waals surface area contributed by atoms with Crippen molar-refractivity contribution in [3.05, 3.63) is 0 Å². The van der Waals surface area contributed by atoms with Gasteiger partial charge in [0, 0.05) is 6.42 Å². The summed E-state index contributed by atoms with van der Waals surface area (Å²) in [7, 11) is 0. The first-order valence-corrected chi connectivity index (χ1v) is 8.04. The van der Waals surface area contributed by atoms with Crippen LogP contribution in [0.15, 0.2) is 0 Å². The fourth-order valence-electron chi connectivity index (χ4n) is 1.73. The van der Waals surface area contributed by atoms with Crippen LogP contribution in [-0.4, -0.2) is 39.6 Å². The van der Waals surface area contributed by atoms with Crippen molar-refractivity contribution >= 4 is 0 Å². The first-order chi connectivity index (χ1) is 10.4. The summed E-state index contributed by atoms with van der Waals surface area (Å²) in [6.07, 6.45) is 13.9. The van der Waals surface area contributed by atoms with E-state index in [9.17, 15) is 0 Å². The number of terminal acetylenes is 1. The molecule has 0 heterocycles. The van der Waals surface area contributed by atoms with E-state index < -0.39 is 0 Å².